The Balaban J connectivity index is 1.71. The van der Waals surface area contributed by atoms with Gasteiger partial charge < -0.3 is 10.6 Å². The van der Waals surface area contributed by atoms with E-state index in [1.165, 1.54) is 38.8 Å². The molecule has 2 fully saturated rings. The second-order valence-corrected chi connectivity index (χ2v) is 6.54. The topological polar surface area (TPSA) is 50.3 Å². The molecule has 1 aromatic heterocycles. The maximum atomic E-state index is 6.36. The Bertz CT molecular complexity index is 475. The van der Waals surface area contributed by atoms with E-state index in [4.69, 9.17) is 5.73 Å². The maximum Gasteiger partial charge on any atom is 0.150 e. The minimum absolute atomic E-state index is 0.703. The zero-order valence-electron chi connectivity index (χ0n) is 13.5. The van der Waals surface area contributed by atoms with Gasteiger partial charge in [-0.3, -0.25) is 9.58 Å². The number of rotatable bonds is 4. The van der Waals surface area contributed by atoms with Gasteiger partial charge in [-0.1, -0.05) is 19.8 Å². The highest BCUT2D eigenvalue weighted by atomic mass is 15.4. The Morgan fingerprint density at radius 2 is 1.95 bits per heavy atom. The van der Waals surface area contributed by atoms with Gasteiger partial charge in [0.25, 0.3) is 0 Å². The van der Waals surface area contributed by atoms with Crippen LogP contribution in [0.15, 0.2) is 0 Å². The largest absolute Gasteiger partial charge is 0.394 e. The average molecular weight is 291 g/mol. The number of aryl methyl sites for hydroxylation is 2. The summed E-state index contributed by atoms with van der Waals surface area (Å²) in [7, 11) is 2.03. The van der Waals surface area contributed by atoms with Crippen LogP contribution in [0.1, 0.15) is 44.7 Å². The first-order chi connectivity index (χ1) is 10.2. The SMILES string of the molecule is CCCc1nn(C)c(N2CCC(N3CCCCC3)C2)c1N. The summed E-state index contributed by atoms with van der Waals surface area (Å²) < 4.78 is 1.99. The smallest absolute Gasteiger partial charge is 0.150 e. The molecular weight excluding hydrogens is 262 g/mol. The summed E-state index contributed by atoms with van der Waals surface area (Å²) in [6, 6.07) is 0.703. The summed E-state index contributed by atoms with van der Waals surface area (Å²) >= 11 is 0. The summed E-state index contributed by atoms with van der Waals surface area (Å²) in [5.41, 5.74) is 8.32. The van der Waals surface area contributed by atoms with Gasteiger partial charge in [-0.05, 0) is 38.8 Å². The summed E-state index contributed by atoms with van der Waals surface area (Å²) in [6.07, 6.45) is 7.46. The monoisotopic (exact) mass is 291 g/mol. The van der Waals surface area contributed by atoms with E-state index in [2.05, 4.69) is 21.8 Å². The van der Waals surface area contributed by atoms with E-state index < -0.39 is 0 Å². The number of nitrogens with two attached hydrogens (primary N) is 1. The first-order valence-electron chi connectivity index (χ1n) is 8.51. The standard InChI is InChI=1S/C16H29N5/c1-3-7-14-15(17)16(19(2)18-14)21-11-8-13(12-21)20-9-5-4-6-10-20/h13H,3-12,17H2,1-2H3. The molecule has 0 bridgehead atoms. The van der Waals surface area contributed by atoms with Crippen LogP contribution in [0, 0.1) is 0 Å². The normalized spacial score (nSPS) is 23.9. The summed E-state index contributed by atoms with van der Waals surface area (Å²) in [5.74, 6) is 1.14. The van der Waals surface area contributed by atoms with Crippen molar-refractivity contribution in [1.82, 2.24) is 14.7 Å². The number of nitrogens with zero attached hydrogens (tertiary/aromatic N) is 4. The van der Waals surface area contributed by atoms with Crippen LogP contribution < -0.4 is 10.6 Å². The van der Waals surface area contributed by atoms with Crippen molar-refractivity contribution in [1.29, 1.82) is 0 Å². The third-order valence-corrected chi connectivity index (χ3v) is 4.99. The molecule has 1 atom stereocenters. The summed E-state index contributed by atoms with van der Waals surface area (Å²) in [6.45, 7) is 6.95. The highest BCUT2D eigenvalue weighted by Crippen LogP contribution is 2.31. The summed E-state index contributed by atoms with van der Waals surface area (Å²) in [5, 5.41) is 4.62. The molecule has 2 N–H and O–H groups in total. The van der Waals surface area contributed by atoms with Crippen LogP contribution >= 0.6 is 0 Å². The number of likely N-dealkylation sites (tertiary alicyclic amines) is 1. The lowest BCUT2D eigenvalue weighted by Gasteiger charge is -2.32. The molecule has 3 rings (SSSR count). The molecule has 0 saturated carbocycles. The Kier molecular flexibility index (Phi) is 4.38. The van der Waals surface area contributed by atoms with E-state index in [-0.39, 0.29) is 0 Å². The zero-order valence-corrected chi connectivity index (χ0v) is 13.5. The van der Waals surface area contributed by atoms with Gasteiger partial charge in [-0.15, -0.1) is 0 Å². The van der Waals surface area contributed by atoms with Crippen LogP contribution in [0.25, 0.3) is 0 Å². The van der Waals surface area contributed by atoms with Gasteiger partial charge in [-0.25, -0.2) is 0 Å². The van der Waals surface area contributed by atoms with Gasteiger partial charge in [0, 0.05) is 26.2 Å². The molecule has 3 heterocycles. The quantitative estimate of drug-likeness (QED) is 0.922. The van der Waals surface area contributed by atoms with Gasteiger partial charge in [0.1, 0.15) is 5.82 Å². The van der Waals surface area contributed by atoms with Gasteiger partial charge in [0.15, 0.2) is 0 Å². The highest BCUT2D eigenvalue weighted by Gasteiger charge is 2.31. The molecule has 1 aromatic rings. The molecule has 1 unspecified atom stereocenters. The second-order valence-electron chi connectivity index (χ2n) is 6.54. The molecule has 0 aromatic carbocycles. The second kappa shape index (κ2) is 6.26. The molecule has 21 heavy (non-hydrogen) atoms. The predicted molar refractivity (Wildman–Crippen MR) is 87.7 cm³/mol. The zero-order chi connectivity index (χ0) is 14.8. The average Bonchev–Trinajstić information content (AvgIpc) is 3.06. The molecule has 0 amide bonds. The Labute approximate surface area is 128 Å². The van der Waals surface area contributed by atoms with E-state index in [0.29, 0.717) is 6.04 Å². The van der Waals surface area contributed by atoms with Gasteiger partial charge in [0.05, 0.1) is 11.4 Å². The fourth-order valence-corrected chi connectivity index (χ4v) is 3.90. The van der Waals surface area contributed by atoms with Crippen LogP contribution in [0.3, 0.4) is 0 Å². The van der Waals surface area contributed by atoms with E-state index in [1.54, 1.807) is 0 Å². The molecular formula is C16H29N5. The Hall–Kier alpha value is -1.23. The molecule has 0 aliphatic carbocycles. The molecule has 5 nitrogen and oxygen atoms in total. The molecule has 0 spiro atoms. The van der Waals surface area contributed by atoms with Crippen molar-refractivity contribution in [3.63, 3.8) is 0 Å². The number of aromatic nitrogens is 2. The van der Waals surface area contributed by atoms with Crippen molar-refractivity contribution in [2.45, 2.75) is 51.5 Å². The van der Waals surface area contributed by atoms with Crippen molar-refractivity contribution >= 4 is 11.5 Å². The van der Waals surface area contributed by atoms with E-state index in [1.807, 2.05) is 11.7 Å². The van der Waals surface area contributed by atoms with Crippen LogP contribution in [0.5, 0.6) is 0 Å². The maximum absolute atomic E-state index is 6.36. The lowest BCUT2D eigenvalue weighted by atomic mass is 10.1. The molecule has 2 aliphatic rings. The third kappa shape index (κ3) is 2.89. The van der Waals surface area contributed by atoms with Crippen LogP contribution in [0.2, 0.25) is 0 Å². The Morgan fingerprint density at radius 3 is 2.67 bits per heavy atom. The first-order valence-corrected chi connectivity index (χ1v) is 8.51. The van der Waals surface area contributed by atoms with E-state index in [0.717, 1.165) is 43.1 Å². The molecule has 118 valence electrons. The highest BCUT2D eigenvalue weighted by molar-refractivity contribution is 5.67. The number of hydrogen-bond acceptors (Lipinski definition) is 4. The van der Waals surface area contributed by atoms with Crippen molar-refractivity contribution in [2.24, 2.45) is 7.05 Å². The van der Waals surface area contributed by atoms with Crippen LogP contribution in [0.4, 0.5) is 11.5 Å². The Morgan fingerprint density at radius 1 is 1.19 bits per heavy atom. The number of nitrogen functional groups attached to an aromatic ring is 1. The van der Waals surface area contributed by atoms with Gasteiger partial charge >= 0.3 is 0 Å². The van der Waals surface area contributed by atoms with Crippen molar-refractivity contribution < 1.29 is 0 Å². The number of piperidine rings is 1. The lowest BCUT2D eigenvalue weighted by molar-refractivity contribution is 0.174. The van der Waals surface area contributed by atoms with Gasteiger partial charge in [-0.2, -0.15) is 5.10 Å². The molecule has 0 radical (unpaired) electrons. The lowest BCUT2D eigenvalue weighted by Crippen LogP contribution is -2.41. The van der Waals surface area contributed by atoms with E-state index in [9.17, 15) is 0 Å². The number of anilines is 2. The minimum atomic E-state index is 0.703. The fraction of sp³-hybridized carbons (Fsp3) is 0.812. The van der Waals surface area contributed by atoms with Crippen LogP contribution in [-0.4, -0.2) is 46.9 Å². The number of hydrogen-bond donors (Lipinski definition) is 1. The van der Waals surface area contributed by atoms with E-state index >= 15 is 0 Å². The molecule has 5 heteroatoms. The fourth-order valence-electron chi connectivity index (χ4n) is 3.90. The minimum Gasteiger partial charge on any atom is -0.394 e. The molecule has 2 aliphatic heterocycles. The third-order valence-electron chi connectivity index (χ3n) is 4.99. The van der Waals surface area contributed by atoms with Crippen molar-refractivity contribution in [3.8, 4) is 0 Å². The predicted octanol–water partition coefficient (Wildman–Crippen LogP) is 2.02. The first kappa shape index (κ1) is 14.7. The summed E-state index contributed by atoms with van der Waals surface area (Å²) in [4.78, 5) is 5.13. The van der Waals surface area contributed by atoms with Crippen molar-refractivity contribution in [3.05, 3.63) is 5.69 Å². The van der Waals surface area contributed by atoms with Gasteiger partial charge in [0.2, 0.25) is 0 Å². The van der Waals surface area contributed by atoms with Crippen LogP contribution in [-0.2, 0) is 13.5 Å². The molecule has 2 saturated heterocycles. The van der Waals surface area contributed by atoms with Crippen molar-refractivity contribution in [2.75, 3.05) is 36.8 Å².